The standard InChI is InChI=1S/C19H28O2/c1-13(2)16-10-7-11-17(14(3)4)19(16)21-12-18(20)15-8-5-6-9-15/h7,10-11,13-15H,5-6,8-9,12H2,1-4H3. The van der Waals surface area contributed by atoms with E-state index in [2.05, 4.69) is 45.9 Å². The zero-order valence-electron chi connectivity index (χ0n) is 13.8. The Labute approximate surface area is 128 Å². The van der Waals surface area contributed by atoms with Crippen molar-refractivity contribution in [2.45, 2.75) is 65.2 Å². The van der Waals surface area contributed by atoms with E-state index in [1.165, 1.54) is 24.0 Å². The Bertz CT molecular complexity index is 456. The Hall–Kier alpha value is -1.31. The van der Waals surface area contributed by atoms with Crippen molar-refractivity contribution in [3.63, 3.8) is 0 Å². The van der Waals surface area contributed by atoms with Crippen LogP contribution in [0.25, 0.3) is 0 Å². The summed E-state index contributed by atoms with van der Waals surface area (Å²) < 4.78 is 6.02. The highest BCUT2D eigenvalue weighted by Gasteiger charge is 2.24. The van der Waals surface area contributed by atoms with Crippen LogP contribution in [0.5, 0.6) is 5.75 Å². The van der Waals surface area contributed by atoms with Crippen molar-refractivity contribution in [3.05, 3.63) is 29.3 Å². The van der Waals surface area contributed by atoms with Crippen molar-refractivity contribution in [2.75, 3.05) is 6.61 Å². The van der Waals surface area contributed by atoms with Gasteiger partial charge in [0, 0.05) is 5.92 Å². The summed E-state index contributed by atoms with van der Waals surface area (Å²) >= 11 is 0. The van der Waals surface area contributed by atoms with Crippen LogP contribution in [0.4, 0.5) is 0 Å². The molecule has 1 saturated carbocycles. The molecule has 0 N–H and O–H groups in total. The first-order chi connectivity index (χ1) is 10.0. The Balaban J connectivity index is 2.15. The van der Waals surface area contributed by atoms with Gasteiger partial charge in [-0.3, -0.25) is 4.79 Å². The number of ketones is 1. The Morgan fingerprint density at radius 1 is 1.10 bits per heavy atom. The second kappa shape index (κ2) is 7.11. The van der Waals surface area contributed by atoms with E-state index in [1.807, 2.05) is 0 Å². The number of carbonyl (C=O) groups is 1. The molecule has 1 aliphatic rings. The zero-order valence-corrected chi connectivity index (χ0v) is 13.8. The molecule has 0 bridgehead atoms. The predicted octanol–water partition coefficient (Wildman–Crippen LogP) is 5.07. The van der Waals surface area contributed by atoms with Gasteiger partial charge in [0.1, 0.15) is 12.4 Å². The number of carbonyl (C=O) groups excluding carboxylic acids is 1. The molecule has 116 valence electrons. The van der Waals surface area contributed by atoms with E-state index in [1.54, 1.807) is 0 Å². The van der Waals surface area contributed by atoms with Crippen LogP contribution in [-0.2, 0) is 4.79 Å². The third-order valence-electron chi connectivity index (χ3n) is 4.49. The van der Waals surface area contributed by atoms with Crippen molar-refractivity contribution < 1.29 is 9.53 Å². The van der Waals surface area contributed by atoms with Gasteiger partial charge >= 0.3 is 0 Å². The molecule has 0 unspecified atom stereocenters. The minimum atomic E-state index is 0.230. The molecule has 1 aromatic carbocycles. The molecule has 1 aliphatic carbocycles. The Kier molecular flexibility index (Phi) is 5.44. The fourth-order valence-corrected chi connectivity index (χ4v) is 3.16. The first kappa shape index (κ1) is 16.1. The molecule has 0 atom stereocenters. The van der Waals surface area contributed by atoms with Crippen LogP contribution in [0.15, 0.2) is 18.2 Å². The Morgan fingerprint density at radius 2 is 1.62 bits per heavy atom. The van der Waals surface area contributed by atoms with Crippen LogP contribution < -0.4 is 4.74 Å². The smallest absolute Gasteiger partial charge is 0.173 e. The van der Waals surface area contributed by atoms with Gasteiger partial charge in [-0.2, -0.15) is 0 Å². The fraction of sp³-hybridized carbons (Fsp3) is 0.632. The van der Waals surface area contributed by atoms with Gasteiger partial charge in [0.2, 0.25) is 0 Å². The maximum Gasteiger partial charge on any atom is 0.173 e. The van der Waals surface area contributed by atoms with E-state index in [0.29, 0.717) is 11.8 Å². The maximum absolute atomic E-state index is 12.3. The van der Waals surface area contributed by atoms with E-state index >= 15 is 0 Å². The minimum Gasteiger partial charge on any atom is -0.485 e. The monoisotopic (exact) mass is 288 g/mol. The van der Waals surface area contributed by atoms with Crippen molar-refractivity contribution in [1.82, 2.24) is 0 Å². The van der Waals surface area contributed by atoms with Crippen molar-refractivity contribution >= 4 is 5.78 Å². The van der Waals surface area contributed by atoms with Crippen molar-refractivity contribution in [2.24, 2.45) is 5.92 Å². The molecule has 21 heavy (non-hydrogen) atoms. The number of rotatable bonds is 6. The molecule has 0 saturated heterocycles. The van der Waals surface area contributed by atoms with E-state index in [-0.39, 0.29) is 18.3 Å². The molecule has 1 aromatic rings. The van der Waals surface area contributed by atoms with E-state index in [9.17, 15) is 4.79 Å². The summed E-state index contributed by atoms with van der Waals surface area (Å²) in [6, 6.07) is 6.33. The molecule has 0 spiro atoms. The first-order valence-corrected chi connectivity index (χ1v) is 8.29. The van der Waals surface area contributed by atoms with Crippen molar-refractivity contribution in [1.29, 1.82) is 0 Å². The third-order valence-corrected chi connectivity index (χ3v) is 4.49. The van der Waals surface area contributed by atoms with Crippen LogP contribution in [-0.4, -0.2) is 12.4 Å². The highest BCUT2D eigenvalue weighted by Crippen LogP contribution is 2.35. The summed E-state index contributed by atoms with van der Waals surface area (Å²) in [5, 5.41) is 0. The average Bonchev–Trinajstić information content (AvgIpc) is 2.98. The van der Waals surface area contributed by atoms with E-state index in [4.69, 9.17) is 4.74 Å². The number of ether oxygens (including phenoxy) is 1. The summed E-state index contributed by atoms with van der Waals surface area (Å²) in [6.45, 7) is 8.92. The van der Waals surface area contributed by atoms with Crippen molar-refractivity contribution in [3.8, 4) is 5.75 Å². The molecule has 0 heterocycles. The lowest BCUT2D eigenvalue weighted by Crippen LogP contribution is -2.20. The van der Waals surface area contributed by atoms with Crippen LogP contribution in [0.1, 0.15) is 76.3 Å². The molecule has 0 aromatic heterocycles. The van der Waals surface area contributed by atoms with Gasteiger partial charge < -0.3 is 4.74 Å². The van der Waals surface area contributed by atoms with Gasteiger partial charge in [0.25, 0.3) is 0 Å². The topological polar surface area (TPSA) is 26.3 Å². The summed E-state index contributed by atoms with van der Waals surface area (Å²) in [7, 11) is 0. The van der Waals surface area contributed by atoms with Gasteiger partial charge in [-0.25, -0.2) is 0 Å². The second-order valence-electron chi connectivity index (χ2n) is 6.81. The summed E-state index contributed by atoms with van der Waals surface area (Å²) in [5.41, 5.74) is 2.42. The molecule has 0 radical (unpaired) electrons. The molecular weight excluding hydrogens is 260 g/mol. The number of hydrogen-bond acceptors (Lipinski definition) is 2. The second-order valence-corrected chi connectivity index (χ2v) is 6.81. The summed E-state index contributed by atoms with van der Waals surface area (Å²) in [6.07, 6.45) is 4.47. The van der Waals surface area contributed by atoms with E-state index in [0.717, 1.165) is 18.6 Å². The largest absolute Gasteiger partial charge is 0.485 e. The number of para-hydroxylation sites is 1. The summed E-state index contributed by atoms with van der Waals surface area (Å²) in [5.74, 6) is 2.26. The highest BCUT2D eigenvalue weighted by molar-refractivity contribution is 5.82. The van der Waals surface area contributed by atoms with E-state index < -0.39 is 0 Å². The SMILES string of the molecule is CC(C)c1cccc(C(C)C)c1OCC(=O)C1CCCC1. The van der Waals surface area contributed by atoms with Crippen LogP contribution in [0.3, 0.4) is 0 Å². The van der Waals surface area contributed by atoms with Crippen LogP contribution in [0.2, 0.25) is 0 Å². The Morgan fingerprint density at radius 3 is 2.10 bits per heavy atom. The average molecular weight is 288 g/mol. The highest BCUT2D eigenvalue weighted by atomic mass is 16.5. The molecule has 2 nitrogen and oxygen atoms in total. The lowest BCUT2D eigenvalue weighted by molar-refractivity contribution is -0.124. The zero-order chi connectivity index (χ0) is 15.4. The lowest BCUT2D eigenvalue weighted by Gasteiger charge is -2.20. The van der Waals surface area contributed by atoms with Gasteiger partial charge in [-0.1, -0.05) is 58.7 Å². The van der Waals surface area contributed by atoms with Gasteiger partial charge in [-0.15, -0.1) is 0 Å². The lowest BCUT2D eigenvalue weighted by atomic mass is 9.94. The quantitative estimate of drug-likeness (QED) is 0.730. The number of Topliss-reactive ketones (excluding diaryl/α,β-unsaturated/α-hetero) is 1. The predicted molar refractivity (Wildman–Crippen MR) is 87.1 cm³/mol. The van der Waals surface area contributed by atoms with Gasteiger partial charge in [0.05, 0.1) is 0 Å². The van der Waals surface area contributed by atoms with Crippen LogP contribution in [0, 0.1) is 5.92 Å². The van der Waals surface area contributed by atoms with Crippen LogP contribution >= 0.6 is 0 Å². The molecule has 0 amide bonds. The molecule has 0 aliphatic heterocycles. The number of benzene rings is 1. The fourth-order valence-electron chi connectivity index (χ4n) is 3.16. The minimum absolute atomic E-state index is 0.230. The number of hydrogen-bond donors (Lipinski definition) is 0. The molecular formula is C19H28O2. The normalized spacial score (nSPS) is 15.9. The molecule has 2 rings (SSSR count). The third kappa shape index (κ3) is 3.87. The molecule has 1 fully saturated rings. The molecule has 2 heteroatoms. The maximum atomic E-state index is 12.3. The van der Waals surface area contributed by atoms with Gasteiger partial charge in [0.15, 0.2) is 5.78 Å². The first-order valence-electron chi connectivity index (χ1n) is 8.29. The van der Waals surface area contributed by atoms with Gasteiger partial charge in [-0.05, 0) is 35.8 Å². The summed E-state index contributed by atoms with van der Waals surface area (Å²) in [4.78, 5) is 12.3.